The standard InChI is InChI=1S/C15H19N5O/c1-11(17-5-2-7-20-8-6-16-10-20)12-3-4-13-14(9-12)19-15(21)18-13/h3-4,6,8-11,17H,2,5,7H2,1H3,(H2,18,19,21). The van der Waals surface area contributed by atoms with E-state index < -0.39 is 0 Å². The van der Waals surface area contributed by atoms with Gasteiger partial charge in [0.2, 0.25) is 0 Å². The van der Waals surface area contributed by atoms with Gasteiger partial charge in [-0.15, -0.1) is 0 Å². The average molecular weight is 285 g/mol. The van der Waals surface area contributed by atoms with E-state index in [9.17, 15) is 4.79 Å². The molecule has 3 N–H and O–H groups in total. The summed E-state index contributed by atoms with van der Waals surface area (Å²) in [6.45, 7) is 4.02. The molecule has 0 aliphatic rings. The fraction of sp³-hybridized carbons (Fsp3) is 0.333. The minimum atomic E-state index is -0.164. The minimum Gasteiger partial charge on any atom is -0.337 e. The molecule has 1 unspecified atom stereocenters. The molecule has 0 aliphatic heterocycles. The first kappa shape index (κ1) is 13.6. The van der Waals surface area contributed by atoms with Gasteiger partial charge in [0.15, 0.2) is 0 Å². The van der Waals surface area contributed by atoms with Crippen LogP contribution in [-0.4, -0.2) is 26.1 Å². The topological polar surface area (TPSA) is 78.5 Å². The molecule has 3 rings (SSSR count). The number of benzene rings is 1. The van der Waals surface area contributed by atoms with Crippen LogP contribution in [0.15, 0.2) is 41.7 Å². The summed E-state index contributed by atoms with van der Waals surface area (Å²) in [5, 5.41) is 3.50. The number of nitrogens with one attached hydrogen (secondary N) is 3. The molecule has 21 heavy (non-hydrogen) atoms. The summed E-state index contributed by atoms with van der Waals surface area (Å²) in [5.41, 5.74) is 2.70. The van der Waals surface area contributed by atoms with E-state index >= 15 is 0 Å². The predicted molar refractivity (Wildman–Crippen MR) is 82.2 cm³/mol. The molecule has 0 aliphatic carbocycles. The van der Waals surface area contributed by atoms with E-state index in [4.69, 9.17) is 0 Å². The van der Waals surface area contributed by atoms with Gasteiger partial charge in [-0.05, 0) is 37.6 Å². The van der Waals surface area contributed by atoms with Gasteiger partial charge in [-0.3, -0.25) is 0 Å². The monoisotopic (exact) mass is 285 g/mol. The number of fused-ring (bicyclic) bond motifs is 1. The van der Waals surface area contributed by atoms with Crippen molar-refractivity contribution < 1.29 is 0 Å². The van der Waals surface area contributed by atoms with Crippen LogP contribution in [0.25, 0.3) is 11.0 Å². The van der Waals surface area contributed by atoms with Crippen molar-refractivity contribution in [2.75, 3.05) is 6.54 Å². The van der Waals surface area contributed by atoms with E-state index in [1.807, 2.05) is 30.7 Å². The fourth-order valence-corrected chi connectivity index (χ4v) is 2.44. The Hall–Kier alpha value is -2.34. The van der Waals surface area contributed by atoms with Gasteiger partial charge in [0.1, 0.15) is 0 Å². The second-order valence-corrected chi connectivity index (χ2v) is 5.21. The summed E-state index contributed by atoms with van der Waals surface area (Å²) < 4.78 is 2.07. The Morgan fingerprint density at radius 2 is 2.19 bits per heavy atom. The van der Waals surface area contributed by atoms with Gasteiger partial charge in [-0.2, -0.15) is 0 Å². The van der Waals surface area contributed by atoms with Crippen LogP contribution in [-0.2, 0) is 6.54 Å². The largest absolute Gasteiger partial charge is 0.337 e. The summed E-state index contributed by atoms with van der Waals surface area (Å²) in [5.74, 6) is 0. The van der Waals surface area contributed by atoms with Crippen molar-refractivity contribution in [2.24, 2.45) is 0 Å². The van der Waals surface area contributed by atoms with Crippen LogP contribution in [0.4, 0.5) is 0 Å². The molecule has 0 saturated heterocycles. The molecule has 0 amide bonds. The average Bonchev–Trinajstić information content (AvgIpc) is 3.10. The van der Waals surface area contributed by atoms with Crippen LogP contribution in [0.2, 0.25) is 0 Å². The summed E-state index contributed by atoms with van der Waals surface area (Å²) in [4.78, 5) is 20.8. The van der Waals surface area contributed by atoms with E-state index in [1.54, 1.807) is 6.20 Å². The highest BCUT2D eigenvalue weighted by atomic mass is 16.1. The Labute approximate surface area is 122 Å². The number of imidazole rings is 2. The second-order valence-electron chi connectivity index (χ2n) is 5.21. The van der Waals surface area contributed by atoms with Crippen molar-refractivity contribution in [3.8, 4) is 0 Å². The van der Waals surface area contributed by atoms with Crippen molar-refractivity contribution in [1.29, 1.82) is 0 Å². The van der Waals surface area contributed by atoms with Gasteiger partial charge in [-0.25, -0.2) is 9.78 Å². The molecule has 6 heteroatoms. The van der Waals surface area contributed by atoms with Crippen LogP contribution >= 0.6 is 0 Å². The fourth-order valence-electron chi connectivity index (χ4n) is 2.44. The van der Waals surface area contributed by atoms with Gasteiger partial charge in [-0.1, -0.05) is 6.07 Å². The van der Waals surface area contributed by atoms with Gasteiger partial charge < -0.3 is 19.9 Å². The minimum absolute atomic E-state index is 0.164. The van der Waals surface area contributed by atoms with Crippen LogP contribution in [0.1, 0.15) is 24.9 Å². The third kappa shape index (κ3) is 3.22. The van der Waals surface area contributed by atoms with Crippen molar-refractivity contribution in [2.45, 2.75) is 25.9 Å². The smallest absolute Gasteiger partial charge is 0.323 e. The Kier molecular flexibility index (Phi) is 3.87. The SMILES string of the molecule is CC(NCCCn1ccnc1)c1ccc2[nH]c(=O)[nH]c2c1. The molecule has 0 bridgehead atoms. The van der Waals surface area contributed by atoms with E-state index in [0.717, 1.165) is 30.5 Å². The molecule has 0 radical (unpaired) electrons. The van der Waals surface area contributed by atoms with E-state index in [-0.39, 0.29) is 11.7 Å². The summed E-state index contributed by atoms with van der Waals surface area (Å²) in [7, 11) is 0. The quantitative estimate of drug-likeness (QED) is 0.604. The highest BCUT2D eigenvalue weighted by Gasteiger charge is 2.06. The van der Waals surface area contributed by atoms with Crippen LogP contribution in [0.5, 0.6) is 0 Å². The molecule has 3 aromatic rings. The maximum absolute atomic E-state index is 11.3. The lowest BCUT2D eigenvalue weighted by atomic mass is 10.1. The Bertz CT molecular complexity index is 756. The number of nitrogens with zero attached hydrogens (tertiary/aromatic N) is 2. The van der Waals surface area contributed by atoms with Gasteiger partial charge in [0.25, 0.3) is 0 Å². The normalized spacial score (nSPS) is 12.8. The lowest BCUT2D eigenvalue weighted by Gasteiger charge is -2.14. The molecule has 0 fully saturated rings. The molecule has 1 atom stereocenters. The van der Waals surface area contributed by atoms with Crippen LogP contribution < -0.4 is 11.0 Å². The summed E-state index contributed by atoms with van der Waals surface area (Å²) in [6, 6.07) is 6.24. The van der Waals surface area contributed by atoms with Crippen molar-refractivity contribution in [1.82, 2.24) is 24.8 Å². The van der Waals surface area contributed by atoms with Gasteiger partial charge in [0, 0.05) is 25.0 Å². The maximum atomic E-state index is 11.3. The zero-order valence-corrected chi connectivity index (χ0v) is 12.0. The number of aromatic amines is 2. The first-order valence-corrected chi connectivity index (χ1v) is 7.13. The molecule has 2 heterocycles. The highest BCUT2D eigenvalue weighted by Crippen LogP contribution is 2.16. The lowest BCUT2D eigenvalue weighted by molar-refractivity contribution is 0.527. The third-order valence-corrected chi connectivity index (χ3v) is 3.64. The van der Waals surface area contributed by atoms with Gasteiger partial charge >= 0.3 is 5.69 Å². The molecular formula is C15H19N5O. The molecule has 2 aromatic heterocycles. The highest BCUT2D eigenvalue weighted by molar-refractivity contribution is 5.75. The van der Waals surface area contributed by atoms with E-state index in [0.29, 0.717) is 0 Å². The van der Waals surface area contributed by atoms with Crippen LogP contribution in [0.3, 0.4) is 0 Å². The van der Waals surface area contributed by atoms with Crippen molar-refractivity contribution in [3.05, 3.63) is 53.0 Å². The third-order valence-electron chi connectivity index (χ3n) is 3.64. The molecular weight excluding hydrogens is 266 g/mol. The van der Waals surface area contributed by atoms with Gasteiger partial charge in [0.05, 0.1) is 17.4 Å². The number of H-pyrrole nitrogens is 2. The first-order chi connectivity index (χ1) is 10.2. The maximum Gasteiger partial charge on any atom is 0.323 e. The predicted octanol–water partition coefficient (Wildman–Crippen LogP) is 1.79. The number of aryl methyl sites for hydroxylation is 1. The number of aromatic nitrogens is 4. The number of hydrogen-bond donors (Lipinski definition) is 3. The van der Waals surface area contributed by atoms with Crippen molar-refractivity contribution in [3.63, 3.8) is 0 Å². The van der Waals surface area contributed by atoms with E-state index in [1.165, 1.54) is 5.56 Å². The lowest BCUT2D eigenvalue weighted by Crippen LogP contribution is -2.20. The molecule has 0 spiro atoms. The second kappa shape index (κ2) is 5.97. The molecule has 110 valence electrons. The summed E-state index contributed by atoms with van der Waals surface area (Å²) >= 11 is 0. The Balaban J connectivity index is 1.56. The van der Waals surface area contributed by atoms with E-state index in [2.05, 4.69) is 31.8 Å². The Morgan fingerprint density at radius 3 is 3.00 bits per heavy atom. The Morgan fingerprint density at radius 1 is 1.33 bits per heavy atom. The zero-order valence-electron chi connectivity index (χ0n) is 12.0. The molecule has 6 nitrogen and oxygen atoms in total. The van der Waals surface area contributed by atoms with Crippen LogP contribution in [0, 0.1) is 0 Å². The van der Waals surface area contributed by atoms with Crippen molar-refractivity contribution >= 4 is 11.0 Å². The number of rotatable bonds is 6. The summed E-state index contributed by atoms with van der Waals surface area (Å²) in [6.07, 6.45) is 6.64. The number of hydrogen-bond acceptors (Lipinski definition) is 3. The first-order valence-electron chi connectivity index (χ1n) is 7.13. The zero-order chi connectivity index (χ0) is 14.7. The molecule has 1 aromatic carbocycles. The molecule has 0 saturated carbocycles.